The summed E-state index contributed by atoms with van der Waals surface area (Å²) in [6.07, 6.45) is 0.787. The van der Waals surface area contributed by atoms with Crippen molar-refractivity contribution in [3.8, 4) is 5.75 Å². The van der Waals surface area contributed by atoms with E-state index in [9.17, 15) is 9.59 Å². The van der Waals surface area contributed by atoms with E-state index in [2.05, 4.69) is 12.2 Å². The van der Waals surface area contributed by atoms with Crippen molar-refractivity contribution in [2.75, 3.05) is 7.11 Å². The number of rotatable bonds is 8. The molecule has 1 atom stereocenters. The first kappa shape index (κ1) is 24.4. The standard InChI is InChI=1S/C26H36N2O3/c1-8-23(25(30)27-26(4,5)6)28(17-21-10-9-11-22(15-21)31-7)24(29)16-20-13-12-18(2)19(3)14-20/h9-15,23H,8,16-17H2,1-7H3,(H,27,30). The highest BCUT2D eigenvalue weighted by Crippen LogP contribution is 2.19. The molecule has 0 bridgehead atoms. The van der Waals surface area contributed by atoms with Gasteiger partial charge in [0.2, 0.25) is 11.8 Å². The van der Waals surface area contributed by atoms with E-state index in [-0.39, 0.29) is 23.8 Å². The van der Waals surface area contributed by atoms with Crippen LogP contribution in [0.4, 0.5) is 0 Å². The molecule has 0 radical (unpaired) electrons. The summed E-state index contributed by atoms with van der Waals surface area (Å²) in [7, 11) is 1.62. The van der Waals surface area contributed by atoms with Gasteiger partial charge in [0.25, 0.3) is 0 Å². The molecule has 0 aromatic heterocycles. The highest BCUT2D eigenvalue weighted by molar-refractivity contribution is 5.88. The molecule has 2 rings (SSSR count). The van der Waals surface area contributed by atoms with Gasteiger partial charge in [-0.05, 0) is 75.4 Å². The molecule has 31 heavy (non-hydrogen) atoms. The molecule has 0 fully saturated rings. The Hall–Kier alpha value is -2.82. The molecule has 2 aromatic carbocycles. The fraction of sp³-hybridized carbons (Fsp3) is 0.462. The number of amides is 2. The Balaban J connectivity index is 2.35. The van der Waals surface area contributed by atoms with Gasteiger partial charge in [0.05, 0.1) is 13.5 Å². The van der Waals surface area contributed by atoms with Crippen molar-refractivity contribution in [2.24, 2.45) is 0 Å². The maximum atomic E-state index is 13.5. The van der Waals surface area contributed by atoms with Crippen molar-refractivity contribution in [3.05, 3.63) is 64.7 Å². The number of aryl methyl sites for hydroxylation is 2. The average Bonchev–Trinajstić information content (AvgIpc) is 2.69. The molecule has 1 N–H and O–H groups in total. The van der Waals surface area contributed by atoms with Crippen LogP contribution in [0.1, 0.15) is 56.4 Å². The number of carbonyl (C=O) groups excluding carboxylic acids is 2. The number of carbonyl (C=O) groups is 2. The zero-order chi connectivity index (χ0) is 23.2. The summed E-state index contributed by atoms with van der Waals surface area (Å²) in [6, 6.07) is 13.1. The van der Waals surface area contributed by atoms with Crippen molar-refractivity contribution >= 4 is 11.8 Å². The van der Waals surface area contributed by atoms with Crippen LogP contribution in [0.3, 0.4) is 0 Å². The van der Waals surface area contributed by atoms with E-state index in [1.54, 1.807) is 12.0 Å². The maximum absolute atomic E-state index is 13.5. The van der Waals surface area contributed by atoms with Crippen LogP contribution in [-0.2, 0) is 22.6 Å². The minimum Gasteiger partial charge on any atom is -0.497 e. The molecule has 0 spiro atoms. The molecule has 168 valence electrons. The molecular weight excluding hydrogens is 388 g/mol. The number of nitrogens with one attached hydrogen (secondary N) is 1. The fourth-order valence-electron chi connectivity index (χ4n) is 3.53. The van der Waals surface area contributed by atoms with Gasteiger partial charge in [-0.1, -0.05) is 37.3 Å². The van der Waals surface area contributed by atoms with E-state index in [0.29, 0.717) is 13.0 Å². The van der Waals surface area contributed by atoms with Gasteiger partial charge in [0.1, 0.15) is 11.8 Å². The van der Waals surface area contributed by atoms with Gasteiger partial charge in [-0.15, -0.1) is 0 Å². The second-order valence-corrected chi connectivity index (χ2v) is 9.13. The zero-order valence-corrected chi connectivity index (χ0v) is 19.9. The molecule has 0 aliphatic rings. The van der Waals surface area contributed by atoms with Crippen molar-refractivity contribution in [1.82, 2.24) is 10.2 Å². The Morgan fingerprint density at radius 1 is 1.03 bits per heavy atom. The molecule has 0 heterocycles. The number of benzene rings is 2. The molecule has 2 amide bonds. The molecule has 5 nitrogen and oxygen atoms in total. The zero-order valence-electron chi connectivity index (χ0n) is 19.9. The van der Waals surface area contributed by atoms with Crippen LogP contribution in [0.5, 0.6) is 5.75 Å². The molecule has 0 aliphatic carbocycles. The summed E-state index contributed by atoms with van der Waals surface area (Å²) in [4.78, 5) is 28.2. The number of ether oxygens (including phenoxy) is 1. The van der Waals surface area contributed by atoms with E-state index in [1.165, 1.54) is 5.56 Å². The van der Waals surface area contributed by atoms with Gasteiger partial charge in [-0.25, -0.2) is 0 Å². The van der Waals surface area contributed by atoms with Crippen LogP contribution in [0.25, 0.3) is 0 Å². The first-order chi connectivity index (χ1) is 14.5. The summed E-state index contributed by atoms with van der Waals surface area (Å²) in [5.41, 5.74) is 3.86. The summed E-state index contributed by atoms with van der Waals surface area (Å²) in [5.74, 6) is 0.527. The second kappa shape index (κ2) is 10.5. The molecule has 5 heteroatoms. The Kier molecular flexibility index (Phi) is 8.26. The van der Waals surface area contributed by atoms with Crippen molar-refractivity contribution < 1.29 is 14.3 Å². The number of methoxy groups -OCH3 is 1. The van der Waals surface area contributed by atoms with Crippen LogP contribution in [-0.4, -0.2) is 35.4 Å². The van der Waals surface area contributed by atoms with Crippen molar-refractivity contribution in [2.45, 2.75) is 72.5 Å². The first-order valence-corrected chi connectivity index (χ1v) is 10.8. The molecule has 0 saturated heterocycles. The number of hydrogen-bond acceptors (Lipinski definition) is 3. The van der Waals surface area contributed by atoms with Gasteiger partial charge in [-0.3, -0.25) is 9.59 Å². The Morgan fingerprint density at radius 2 is 1.74 bits per heavy atom. The van der Waals surface area contributed by atoms with Gasteiger partial charge in [0.15, 0.2) is 0 Å². The lowest BCUT2D eigenvalue weighted by molar-refractivity contribution is -0.141. The van der Waals surface area contributed by atoms with E-state index < -0.39 is 6.04 Å². The minimum atomic E-state index is -0.551. The average molecular weight is 425 g/mol. The Bertz CT molecular complexity index is 915. The first-order valence-electron chi connectivity index (χ1n) is 10.8. The third-order valence-corrected chi connectivity index (χ3v) is 5.30. The third kappa shape index (κ3) is 7.12. The summed E-state index contributed by atoms with van der Waals surface area (Å²) >= 11 is 0. The summed E-state index contributed by atoms with van der Waals surface area (Å²) < 4.78 is 5.33. The minimum absolute atomic E-state index is 0.0676. The van der Waals surface area contributed by atoms with E-state index in [0.717, 1.165) is 22.4 Å². The van der Waals surface area contributed by atoms with E-state index in [4.69, 9.17) is 4.74 Å². The largest absolute Gasteiger partial charge is 0.497 e. The predicted molar refractivity (Wildman–Crippen MR) is 125 cm³/mol. The SMILES string of the molecule is CCC(C(=O)NC(C)(C)C)N(Cc1cccc(OC)c1)C(=O)Cc1ccc(C)c(C)c1. The maximum Gasteiger partial charge on any atom is 0.243 e. The van der Waals surface area contributed by atoms with Crippen molar-refractivity contribution in [3.63, 3.8) is 0 Å². The predicted octanol–water partition coefficient (Wildman–Crippen LogP) is 4.58. The van der Waals surface area contributed by atoms with E-state index in [1.807, 2.05) is 77.1 Å². The molecule has 2 aromatic rings. The third-order valence-electron chi connectivity index (χ3n) is 5.30. The van der Waals surface area contributed by atoms with Crippen molar-refractivity contribution in [1.29, 1.82) is 0 Å². The van der Waals surface area contributed by atoms with Gasteiger partial charge in [0, 0.05) is 12.1 Å². The quantitative estimate of drug-likeness (QED) is 0.675. The van der Waals surface area contributed by atoms with Gasteiger partial charge < -0.3 is 15.0 Å². The Morgan fingerprint density at radius 3 is 2.32 bits per heavy atom. The second-order valence-electron chi connectivity index (χ2n) is 9.13. The van der Waals surface area contributed by atoms with Crippen LogP contribution < -0.4 is 10.1 Å². The highest BCUT2D eigenvalue weighted by Gasteiger charge is 2.30. The van der Waals surface area contributed by atoms with Crippen LogP contribution in [0.15, 0.2) is 42.5 Å². The normalized spacial score (nSPS) is 12.2. The lowest BCUT2D eigenvalue weighted by Gasteiger charge is -2.33. The van der Waals surface area contributed by atoms with Crippen LogP contribution in [0.2, 0.25) is 0 Å². The lowest BCUT2D eigenvalue weighted by Crippen LogP contribution is -2.53. The molecule has 0 saturated carbocycles. The molecule has 0 aliphatic heterocycles. The topological polar surface area (TPSA) is 58.6 Å². The Labute approximate surface area is 186 Å². The number of hydrogen-bond donors (Lipinski definition) is 1. The molecular formula is C26H36N2O3. The van der Waals surface area contributed by atoms with E-state index >= 15 is 0 Å². The molecule has 1 unspecified atom stereocenters. The van der Waals surface area contributed by atoms with Gasteiger partial charge >= 0.3 is 0 Å². The fourth-order valence-corrected chi connectivity index (χ4v) is 3.53. The van der Waals surface area contributed by atoms with Gasteiger partial charge in [-0.2, -0.15) is 0 Å². The number of nitrogens with zero attached hydrogens (tertiary/aromatic N) is 1. The highest BCUT2D eigenvalue weighted by atomic mass is 16.5. The summed E-state index contributed by atoms with van der Waals surface area (Å²) in [6.45, 7) is 12.2. The smallest absolute Gasteiger partial charge is 0.243 e. The van der Waals surface area contributed by atoms with Crippen LogP contribution in [0, 0.1) is 13.8 Å². The van der Waals surface area contributed by atoms with Crippen LogP contribution >= 0.6 is 0 Å². The monoisotopic (exact) mass is 424 g/mol. The lowest BCUT2D eigenvalue weighted by atomic mass is 10.0. The summed E-state index contributed by atoms with van der Waals surface area (Å²) in [5, 5.41) is 3.04.